The standard InChI is InChI=1S/C27H27F2N5O3/c1-14-4-7-24(18(29)10-14)37-9-8-30-27(36)16-5-6-19-22(11-16)34(3)26(33-19)15(2)25-31-20-12-17(28)23(35)13-21(20)32-25/h4-7,11-15,35H,8-10H2,1-3H3,(H,30,36)(H,31,32). The molecule has 3 N–H and O–H groups in total. The molecule has 2 unspecified atom stereocenters. The quantitative estimate of drug-likeness (QED) is 0.307. The summed E-state index contributed by atoms with van der Waals surface area (Å²) in [6, 6.07) is 7.71. The Morgan fingerprint density at radius 3 is 2.86 bits per heavy atom. The van der Waals surface area contributed by atoms with Crippen molar-refractivity contribution in [3.05, 3.63) is 77.1 Å². The van der Waals surface area contributed by atoms with Gasteiger partial charge in [0.25, 0.3) is 5.91 Å². The average Bonchev–Trinajstić information content (AvgIpc) is 3.43. The fraction of sp³-hybridized carbons (Fsp3) is 0.296. The second-order valence-corrected chi connectivity index (χ2v) is 9.31. The predicted octanol–water partition coefficient (Wildman–Crippen LogP) is 4.97. The normalized spacial score (nSPS) is 16.5. The molecule has 5 rings (SSSR count). The summed E-state index contributed by atoms with van der Waals surface area (Å²) in [6.07, 6.45) is 3.85. The van der Waals surface area contributed by atoms with E-state index in [1.807, 2.05) is 31.5 Å². The monoisotopic (exact) mass is 507 g/mol. The summed E-state index contributed by atoms with van der Waals surface area (Å²) in [5.74, 6) is -0.352. The maximum Gasteiger partial charge on any atom is 0.251 e. The number of halogens is 2. The van der Waals surface area contributed by atoms with Crippen molar-refractivity contribution >= 4 is 28.0 Å². The number of carbonyl (C=O) groups excluding carboxylic acids is 1. The third-order valence-electron chi connectivity index (χ3n) is 6.53. The Kier molecular flexibility index (Phi) is 6.41. The Bertz CT molecular complexity index is 1530. The predicted molar refractivity (Wildman–Crippen MR) is 135 cm³/mol. The number of aromatic hydroxyl groups is 1. The van der Waals surface area contributed by atoms with Gasteiger partial charge in [-0.05, 0) is 37.1 Å². The van der Waals surface area contributed by atoms with E-state index < -0.39 is 11.6 Å². The van der Waals surface area contributed by atoms with Crippen LogP contribution in [0, 0.1) is 11.7 Å². The minimum Gasteiger partial charge on any atom is -0.505 e. The molecule has 8 nitrogen and oxygen atoms in total. The number of H-pyrrole nitrogens is 1. The van der Waals surface area contributed by atoms with Gasteiger partial charge in [-0.25, -0.2) is 18.7 Å². The van der Waals surface area contributed by atoms with Crippen molar-refractivity contribution in [1.82, 2.24) is 24.8 Å². The molecular weight excluding hydrogens is 480 g/mol. The van der Waals surface area contributed by atoms with Crippen LogP contribution in [0.5, 0.6) is 5.75 Å². The van der Waals surface area contributed by atoms with Crippen LogP contribution in [0.3, 0.4) is 0 Å². The lowest BCUT2D eigenvalue weighted by Crippen LogP contribution is -2.27. The highest BCUT2D eigenvalue weighted by Crippen LogP contribution is 2.29. The van der Waals surface area contributed by atoms with E-state index in [0.717, 1.165) is 5.52 Å². The first kappa shape index (κ1) is 24.5. The number of aromatic amines is 1. The lowest BCUT2D eigenvalue weighted by atomic mass is 10.0. The molecule has 0 bridgehead atoms. The lowest BCUT2D eigenvalue weighted by molar-refractivity contribution is 0.0939. The number of phenols is 1. The van der Waals surface area contributed by atoms with E-state index in [-0.39, 0.29) is 42.5 Å². The number of benzene rings is 2. The van der Waals surface area contributed by atoms with Crippen molar-refractivity contribution in [3.8, 4) is 5.75 Å². The minimum absolute atomic E-state index is 0.148. The number of hydrogen-bond acceptors (Lipinski definition) is 5. The summed E-state index contributed by atoms with van der Waals surface area (Å²) in [7, 11) is 1.85. The highest BCUT2D eigenvalue weighted by molar-refractivity contribution is 5.97. The van der Waals surface area contributed by atoms with Gasteiger partial charge in [0, 0.05) is 31.2 Å². The van der Waals surface area contributed by atoms with E-state index in [9.17, 15) is 18.7 Å². The molecule has 4 aromatic rings. The number of aromatic nitrogens is 4. The molecule has 0 saturated heterocycles. The highest BCUT2D eigenvalue weighted by Gasteiger charge is 2.21. The second-order valence-electron chi connectivity index (χ2n) is 9.31. The van der Waals surface area contributed by atoms with E-state index >= 15 is 0 Å². The Morgan fingerprint density at radius 2 is 2.08 bits per heavy atom. The Hall–Kier alpha value is -4.21. The number of nitrogens with one attached hydrogen (secondary N) is 2. The zero-order valence-corrected chi connectivity index (χ0v) is 20.7. The van der Waals surface area contributed by atoms with Crippen LogP contribution in [0.25, 0.3) is 22.1 Å². The first-order chi connectivity index (χ1) is 17.7. The van der Waals surface area contributed by atoms with E-state index in [0.29, 0.717) is 40.2 Å². The molecule has 0 spiro atoms. The third-order valence-corrected chi connectivity index (χ3v) is 6.53. The summed E-state index contributed by atoms with van der Waals surface area (Å²) in [4.78, 5) is 25.0. The van der Waals surface area contributed by atoms with E-state index in [2.05, 4.69) is 15.3 Å². The van der Waals surface area contributed by atoms with Crippen molar-refractivity contribution in [2.24, 2.45) is 13.0 Å². The van der Waals surface area contributed by atoms with Gasteiger partial charge in [0.05, 0.1) is 34.5 Å². The van der Waals surface area contributed by atoms with Crippen molar-refractivity contribution in [2.75, 3.05) is 13.2 Å². The molecule has 0 saturated carbocycles. The molecule has 1 amide bonds. The number of amides is 1. The SMILES string of the molecule is CC1C=CC(OCCNC(=O)c2ccc3nc(C(C)c4nc5cc(O)c(F)cc5[nH]4)n(C)c3c2)=C(F)C1. The topological polar surface area (TPSA) is 105 Å². The largest absolute Gasteiger partial charge is 0.505 e. The molecule has 37 heavy (non-hydrogen) atoms. The van der Waals surface area contributed by atoms with Crippen LogP contribution in [0.4, 0.5) is 8.78 Å². The first-order valence-corrected chi connectivity index (χ1v) is 12.0. The van der Waals surface area contributed by atoms with Crippen molar-refractivity contribution in [2.45, 2.75) is 26.2 Å². The number of imidazole rings is 2. The maximum atomic E-state index is 14.0. The van der Waals surface area contributed by atoms with Gasteiger partial charge in [-0.1, -0.05) is 13.0 Å². The van der Waals surface area contributed by atoms with Gasteiger partial charge in [-0.15, -0.1) is 0 Å². The van der Waals surface area contributed by atoms with Gasteiger partial charge < -0.3 is 24.7 Å². The number of aryl methyl sites for hydroxylation is 1. The number of fused-ring (bicyclic) bond motifs is 2. The molecule has 0 aliphatic heterocycles. The molecule has 192 valence electrons. The number of carbonyl (C=O) groups is 1. The molecular formula is C27H27F2N5O3. The summed E-state index contributed by atoms with van der Waals surface area (Å²) < 4.78 is 35.0. The van der Waals surface area contributed by atoms with Crippen LogP contribution in [0.2, 0.25) is 0 Å². The van der Waals surface area contributed by atoms with E-state index in [1.165, 1.54) is 12.1 Å². The third kappa shape index (κ3) is 4.78. The van der Waals surface area contributed by atoms with Crippen LogP contribution < -0.4 is 5.32 Å². The number of nitrogens with zero attached hydrogens (tertiary/aromatic N) is 3. The average molecular weight is 508 g/mol. The molecule has 10 heteroatoms. The van der Waals surface area contributed by atoms with Crippen molar-refractivity contribution in [1.29, 1.82) is 0 Å². The number of rotatable bonds is 7. The van der Waals surface area contributed by atoms with Gasteiger partial charge in [-0.2, -0.15) is 0 Å². The molecule has 0 radical (unpaired) electrons. The molecule has 2 aromatic carbocycles. The van der Waals surface area contributed by atoms with Crippen molar-refractivity contribution < 1.29 is 23.4 Å². The maximum absolute atomic E-state index is 14.0. The molecule has 0 fully saturated rings. The van der Waals surface area contributed by atoms with Crippen LogP contribution in [0.15, 0.2) is 54.1 Å². The van der Waals surface area contributed by atoms with Gasteiger partial charge in [-0.3, -0.25) is 4.79 Å². The molecule has 2 aromatic heterocycles. The Labute approximate surface area is 211 Å². The first-order valence-electron chi connectivity index (χ1n) is 12.0. The second kappa shape index (κ2) is 9.68. The highest BCUT2D eigenvalue weighted by atomic mass is 19.1. The molecule has 2 atom stereocenters. The Morgan fingerprint density at radius 1 is 1.27 bits per heavy atom. The molecule has 1 aliphatic carbocycles. The van der Waals surface area contributed by atoms with Gasteiger partial charge in [0.15, 0.2) is 11.6 Å². The Balaban J connectivity index is 1.28. The summed E-state index contributed by atoms with van der Waals surface area (Å²) >= 11 is 0. The number of allylic oxidation sites excluding steroid dienone is 3. The van der Waals surface area contributed by atoms with Gasteiger partial charge in [0.2, 0.25) is 0 Å². The molecule has 1 aliphatic rings. The summed E-state index contributed by atoms with van der Waals surface area (Å²) in [5.41, 5.74) is 2.87. The fourth-order valence-electron chi connectivity index (χ4n) is 4.45. The van der Waals surface area contributed by atoms with Gasteiger partial charge in [0.1, 0.15) is 29.8 Å². The smallest absolute Gasteiger partial charge is 0.251 e. The van der Waals surface area contributed by atoms with Crippen molar-refractivity contribution in [3.63, 3.8) is 0 Å². The number of hydrogen-bond donors (Lipinski definition) is 3. The van der Waals surface area contributed by atoms with Gasteiger partial charge >= 0.3 is 0 Å². The van der Waals surface area contributed by atoms with E-state index in [4.69, 9.17) is 9.72 Å². The van der Waals surface area contributed by atoms with Crippen LogP contribution in [-0.2, 0) is 11.8 Å². The minimum atomic E-state index is -0.722. The van der Waals surface area contributed by atoms with E-state index in [1.54, 1.807) is 24.3 Å². The van der Waals surface area contributed by atoms with Crippen LogP contribution in [-0.4, -0.2) is 43.7 Å². The zero-order chi connectivity index (χ0) is 26.3. The van der Waals surface area contributed by atoms with Crippen LogP contribution in [0.1, 0.15) is 48.2 Å². The zero-order valence-electron chi connectivity index (χ0n) is 20.7. The summed E-state index contributed by atoms with van der Waals surface area (Å²) in [5, 5.41) is 12.4. The summed E-state index contributed by atoms with van der Waals surface area (Å²) in [6.45, 7) is 4.24. The lowest BCUT2D eigenvalue weighted by Gasteiger charge is -2.15. The fourth-order valence-corrected chi connectivity index (χ4v) is 4.45. The number of ether oxygens (including phenoxy) is 1. The van der Waals surface area contributed by atoms with Crippen LogP contribution >= 0.6 is 0 Å². The molecule has 2 heterocycles. The number of phenolic OH excluding ortho intramolecular Hbond substituents is 1.